The molecule has 0 spiro atoms. The molecular weight excluding hydrogens is 310 g/mol. The van der Waals surface area contributed by atoms with E-state index in [1.165, 1.54) is 18.4 Å². The van der Waals surface area contributed by atoms with Gasteiger partial charge < -0.3 is 15.5 Å². The van der Waals surface area contributed by atoms with E-state index >= 15 is 0 Å². The number of aliphatic hydroxyl groups excluding tert-OH is 1. The lowest BCUT2D eigenvalue weighted by molar-refractivity contribution is -0.137. The highest BCUT2D eigenvalue weighted by Crippen LogP contribution is 2.67. The first-order chi connectivity index (χ1) is 11.8. The average molecular weight is 348 g/mol. The minimum atomic E-state index is -0.578. The number of nitrogens with one attached hydrogen (secondary N) is 1. The van der Waals surface area contributed by atoms with E-state index in [1.54, 1.807) is 0 Å². The number of likely N-dealkylation sites (N-methyl/N-ethyl adjacent to an activating group) is 1. The summed E-state index contributed by atoms with van der Waals surface area (Å²) in [4.78, 5) is 0. The van der Waals surface area contributed by atoms with Crippen LogP contribution < -0.4 is 5.32 Å². The Labute approximate surface area is 153 Å². The third kappa shape index (κ3) is 2.28. The molecule has 0 aromatic heterocycles. The lowest BCUT2D eigenvalue weighted by atomic mass is 9.46. The summed E-state index contributed by atoms with van der Waals surface area (Å²) in [5.41, 5.74) is 1.28. The van der Waals surface area contributed by atoms with Crippen LogP contribution in [0.25, 0.3) is 0 Å². The smallest absolute Gasteiger partial charge is 0.0853 e. The van der Waals surface area contributed by atoms with Crippen LogP contribution in [0.2, 0.25) is 0 Å². The zero-order chi connectivity index (χ0) is 18.0. The summed E-state index contributed by atoms with van der Waals surface area (Å²) in [6, 6.07) is 0.147. The Morgan fingerprint density at radius 2 is 1.84 bits per heavy atom. The van der Waals surface area contributed by atoms with Gasteiger partial charge in [0.25, 0.3) is 0 Å². The quantitative estimate of drug-likeness (QED) is 0.668. The molecular formula is C22H37NO2. The summed E-state index contributed by atoms with van der Waals surface area (Å²) in [5.74, 6) is 2.08. The van der Waals surface area contributed by atoms with Crippen LogP contribution >= 0.6 is 0 Å². The van der Waals surface area contributed by atoms with Gasteiger partial charge in [-0.15, -0.1) is 0 Å². The van der Waals surface area contributed by atoms with Gasteiger partial charge in [-0.05, 0) is 88.5 Å². The van der Waals surface area contributed by atoms with Crippen LogP contribution in [0.4, 0.5) is 0 Å². The molecule has 0 radical (unpaired) electrons. The van der Waals surface area contributed by atoms with Gasteiger partial charge in [0, 0.05) is 11.5 Å². The monoisotopic (exact) mass is 347 g/mol. The molecule has 8 atom stereocenters. The van der Waals surface area contributed by atoms with Gasteiger partial charge in [0.2, 0.25) is 0 Å². The van der Waals surface area contributed by atoms with Gasteiger partial charge in [0.05, 0.1) is 11.7 Å². The van der Waals surface area contributed by atoms with Crippen molar-refractivity contribution in [2.45, 2.75) is 89.9 Å². The minimum Gasteiger partial charge on any atom is -0.393 e. The Morgan fingerprint density at radius 1 is 1.12 bits per heavy atom. The number of hydrogen-bond donors (Lipinski definition) is 3. The van der Waals surface area contributed by atoms with E-state index in [-0.39, 0.29) is 17.6 Å². The van der Waals surface area contributed by atoms with Crippen molar-refractivity contribution >= 4 is 0 Å². The van der Waals surface area contributed by atoms with E-state index in [0.29, 0.717) is 17.3 Å². The van der Waals surface area contributed by atoms with Crippen LogP contribution in [0.3, 0.4) is 0 Å². The summed E-state index contributed by atoms with van der Waals surface area (Å²) < 4.78 is 0. The molecule has 4 aliphatic rings. The molecule has 0 aliphatic heterocycles. The zero-order valence-electron chi connectivity index (χ0n) is 16.5. The van der Waals surface area contributed by atoms with E-state index in [1.807, 2.05) is 7.05 Å². The summed E-state index contributed by atoms with van der Waals surface area (Å²) in [6.07, 6.45) is 11.0. The molecule has 3 fully saturated rings. The number of fused-ring (bicyclic) bond motifs is 5. The normalized spacial score (nSPS) is 53.4. The van der Waals surface area contributed by atoms with Crippen molar-refractivity contribution in [3.63, 3.8) is 0 Å². The molecule has 4 aliphatic carbocycles. The molecule has 3 heteroatoms. The largest absolute Gasteiger partial charge is 0.393 e. The minimum absolute atomic E-state index is 0.0342. The van der Waals surface area contributed by atoms with Gasteiger partial charge in [-0.2, -0.15) is 0 Å². The molecule has 0 bridgehead atoms. The SMILES string of the molecule is CNC(C)[C@]1(O)CC[C@H]2[C@@H]3CC=C4C[C@@H](O)CC[C@]4(C)[C@H]3CC[C@@]21C. The first kappa shape index (κ1) is 18.0. The molecule has 3 nitrogen and oxygen atoms in total. The third-order valence-corrected chi connectivity index (χ3v) is 9.44. The highest BCUT2D eigenvalue weighted by Gasteiger charge is 2.64. The van der Waals surface area contributed by atoms with Crippen molar-refractivity contribution in [1.29, 1.82) is 0 Å². The van der Waals surface area contributed by atoms with Crippen LogP contribution in [0, 0.1) is 28.6 Å². The summed E-state index contributed by atoms with van der Waals surface area (Å²) in [6.45, 7) is 7.00. The Hall–Kier alpha value is -0.380. The van der Waals surface area contributed by atoms with Crippen LogP contribution in [-0.4, -0.2) is 35.0 Å². The molecule has 142 valence electrons. The fourth-order valence-electron chi connectivity index (χ4n) is 7.64. The van der Waals surface area contributed by atoms with Crippen LogP contribution in [0.1, 0.15) is 72.1 Å². The highest BCUT2D eigenvalue weighted by molar-refractivity contribution is 5.26. The van der Waals surface area contributed by atoms with Crippen LogP contribution in [0.5, 0.6) is 0 Å². The molecule has 3 N–H and O–H groups in total. The first-order valence-electron chi connectivity index (χ1n) is 10.5. The fourth-order valence-corrected chi connectivity index (χ4v) is 7.64. The zero-order valence-corrected chi connectivity index (χ0v) is 16.5. The second-order valence-corrected chi connectivity index (χ2v) is 10.1. The second kappa shape index (κ2) is 5.81. The third-order valence-electron chi connectivity index (χ3n) is 9.44. The molecule has 4 rings (SSSR count). The van der Waals surface area contributed by atoms with Gasteiger partial charge in [-0.3, -0.25) is 0 Å². The van der Waals surface area contributed by atoms with Crippen LogP contribution in [0.15, 0.2) is 11.6 Å². The average Bonchev–Trinajstić information content (AvgIpc) is 2.87. The lowest BCUT2D eigenvalue weighted by Gasteiger charge is -2.59. The predicted molar refractivity (Wildman–Crippen MR) is 101 cm³/mol. The molecule has 25 heavy (non-hydrogen) atoms. The molecule has 0 amide bonds. The molecule has 0 aromatic carbocycles. The Morgan fingerprint density at radius 3 is 2.56 bits per heavy atom. The van der Waals surface area contributed by atoms with E-state index in [9.17, 15) is 10.2 Å². The Bertz CT molecular complexity index is 574. The van der Waals surface area contributed by atoms with E-state index in [0.717, 1.165) is 44.4 Å². The first-order valence-corrected chi connectivity index (χ1v) is 10.5. The predicted octanol–water partition coefficient (Wildman–Crippen LogP) is 3.65. The van der Waals surface area contributed by atoms with E-state index in [4.69, 9.17) is 0 Å². The molecule has 0 saturated heterocycles. The molecule has 1 unspecified atom stereocenters. The van der Waals surface area contributed by atoms with Gasteiger partial charge in [-0.1, -0.05) is 25.5 Å². The maximum Gasteiger partial charge on any atom is 0.0853 e. The van der Waals surface area contributed by atoms with Crippen LogP contribution in [-0.2, 0) is 0 Å². The number of allylic oxidation sites excluding steroid dienone is 1. The summed E-state index contributed by atoms with van der Waals surface area (Å²) in [7, 11) is 1.98. The van der Waals surface area contributed by atoms with Gasteiger partial charge in [0.15, 0.2) is 0 Å². The summed E-state index contributed by atoms with van der Waals surface area (Å²) in [5, 5.41) is 25.1. The maximum absolute atomic E-state index is 11.6. The number of hydrogen-bond acceptors (Lipinski definition) is 3. The highest BCUT2D eigenvalue weighted by atomic mass is 16.3. The maximum atomic E-state index is 11.6. The van der Waals surface area contributed by atoms with E-state index < -0.39 is 5.60 Å². The van der Waals surface area contributed by atoms with Crippen molar-refractivity contribution in [2.24, 2.45) is 28.6 Å². The lowest BCUT2D eigenvalue weighted by Crippen LogP contribution is -2.60. The topological polar surface area (TPSA) is 52.5 Å². The van der Waals surface area contributed by atoms with Crippen molar-refractivity contribution in [3.8, 4) is 0 Å². The second-order valence-electron chi connectivity index (χ2n) is 10.1. The van der Waals surface area contributed by atoms with Gasteiger partial charge >= 0.3 is 0 Å². The standard InChI is InChI=1S/C22H37NO2/c1-14(23-4)22(25)12-9-19-17-6-5-15-13-16(24)7-10-20(15,2)18(17)8-11-21(19,22)3/h5,14,16-19,23-25H,6-13H2,1-4H3/t14?,16-,17+,18-,19-,20-,21-,22+/m0/s1. The Kier molecular flexibility index (Phi) is 4.18. The molecule has 0 heterocycles. The molecule has 0 aromatic rings. The fraction of sp³-hybridized carbons (Fsp3) is 0.909. The van der Waals surface area contributed by atoms with Crippen molar-refractivity contribution in [3.05, 3.63) is 11.6 Å². The summed E-state index contributed by atoms with van der Waals surface area (Å²) >= 11 is 0. The van der Waals surface area contributed by atoms with Crippen molar-refractivity contribution < 1.29 is 10.2 Å². The van der Waals surface area contributed by atoms with Crippen molar-refractivity contribution in [1.82, 2.24) is 5.32 Å². The van der Waals surface area contributed by atoms with Crippen molar-refractivity contribution in [2.75, 3.05) is 7.05 Å². The van der Waals surface area contributed by atoms with Gasteiger partial charge in [0.1, 0.15) is 0 Å². The Balaban J connectivity index is 1.66. The number of rotatable bonds is 2. The van der Waals surface area contributed by atoms with E-state index in [2.05, 4.69) is 32.2 Å². The van der Waals surface area contributed by atoms with Gasteiger partial charge in [-0.25, -0.2) is 0 Å². The number of aliphatic hydroxyl groups is 2. The molecule has 3 saturated carbocycles.